The Morgan fingerprint density at radius 1 is 1.27 bits per heavy atom. The third-order valence-corrected chi connectivity index (χ3v) is 3.82. The lowest BCUT2D eigenvalue weighted by Gasteiger charge is -2.19. The Hall–Kier alpha value is -2.21. The molecule has 0 saturated carbocycles. The van der Waals surface area contributed by atoms with Crippen LogP contribution in [0.2, 0.25) is 5.02 Å². The van der Waals surface area contributed by atoms with Crippen LogP contribution in [0.4, 0.5) is 5.88 Å². The van der Waals surface area contributed by atoms with Crippen LogP contribution in [0, 0.1) is 13.8 Å². The van der Waals surface area contributed by atoms with Gasteiger partial charge in [-0.2, -0.15) is 0 Å². The number of carbonyl (C=O) groups is 1. The fraction of sp³-hybridized carbons (Fsp3) is 0.333. The van der Waals surface area contributed by atoms with E-state index >= 15 is 0 Å². The summed E-state index contributed by atoms with van der Waals surface area (Å²) in [5, 5.41) is 6.95. The summed E-state index contributed by atoms with van der Waals surface area (Å²) in [7, 11) is 0. The molecular formula is C15H15ClN2O4. The Bertz CT molecular complexity index is 727. The zero-order valence-electron chi connectivity index (χ0n) is 12.2. The number of benzene rings is 1. The topological polar surface area (TPSA) is 73.6 Å². The average molecular weight is 323 g/mol. The van der Waals surface area contributed by atoms with Crippen molar-refractivity contribution in [2.45, 2.75) is 20.3 Å². The highest BCUT2D eigenvalue weighted by atomic mass is 35.5. The van der Waals surface area contributed by atoms with Crippen molar-refractivity contribution in [2.24, 2.45) is 0 Å². The number of aromatic nitrogens is 1. The molecule has 0 saturated heterocycles. The minimum Gasteiger partial charge on any atom is -0.486 e. The molecule has 1 aromatic heterocycles. The maximum atomic E-state index is 12.1. The van der Waals surface area contributed by atoms with Crippen LogP contribution < -0.4 is 14.8 Å². The van der Waals surface area contributed by atoms with E-state index in [1.54, 1.807) is 12.1 Å². The molecule has 0 spiro atoms. The van der Waals surface area contributed by atoms with E-state index in [9.17, 15) is 4.79 Å². The second kappa shape index (κ2) is 5.88. The summed E-state index contributed by atoms with van der Waals surface area (Å²) in [6, 6.07) is 3.40. The number of fused-ring (bicyclic) bond motifs is 1. The van der Waals surface area contributed by atoms with Gasteiger partial charge in [-0.25, -0.2) is 0 Å². The number of carbonyl (C=O) groups excluding carboxylic acids is 1. The Labute approximate surface area is 132 Å². The molecule has 3 rings (SSSR count). The first-order valence-electron chi connectivity index (χ1n) is 6.85. The maximum absolute atomic E-state index is 12.1. The van der Waals surface area contributed by atoms with Crippen molar-refractivity contribution in [3.05, 3.63) is 34.0 Å². The normalized spacial score (nSPS) is 13.0. The van der Waals surface area contributed by atoms with E-state index in [1.807, 2.05) is 13.8 Å². The van der Waals surface area contributed by atoms with Crippen molar-refractivity contribution in [3.8, 4) is 11.5 Å². The van der Waals surface area contributed by atoms with E-state index in [0.29, 0.717) is 41.2 Å². The third kappa shape index (κ3) is 2.87. The Kier molecular flexibility index (Phi) is 3.94. The van der Waals surface area contributed by atoms with Gasteiger partial charge in [-0.15, -0.1) is 0 Å². The van der Waals surface area contributed by atoms with Crippen LogP contribution in [-0.4, -0.2) is 24.3 Å². The van der Waals surface area contributed by atoms with Gasteiger partial charge in [-0.1, -0.05) is 16.8 Å². The number of hydrogen-bond acceptors (Lipinski definition) is 5. The minimum absolute atomic E-state index is 0.106. The molecule has 116 valence electrons. The van der Waals surface area contributed by atoms with Crippen LogP contribution in [0.15, 0.2) is 16.7 Å². The van der Waals surface area contributed by atoms with Crippen LogP contribution in [-0.2, 0) is 11.2 Å². The molecule has 22 heavy (non-hydrogen) atoms. The predicted octanol–water partition coefficient (Wildman–Crippen LogP) is 2.90. The number of anilines is 1. The molecule has 2 heterocycles. The molecule has 1 N–H and O–H groups in total. The molecule has 0 unspecified atom stereocenters. The Balaban J connectivity index is 1.75. The minimum atomic E-state index is -0.238. The first kappa shape index (κ1) is 14.7. The van der Waals surface area contributed by atoms with Gasteiger partial charge < -0.3 is 14.0 Å². The number of halogens is 1. The van der Waals surface area contributed by atoms with Gasteiger partial charge in [0, 0.05) is 16.7 Å². The molecule has 1 aliphatic rings. The van der Waals surface area contributed by atoms with Crippen LogP contribution in [0.25, 0.3) is 0 Å². The van der Waals surface area contributed by atoms with Gasteiger partial charge in [-0.05, 0) is 25.5 Å². The molecule has 0 bridgehead atoms. The lowest BCUT2D eigenvalue weighted by Crippen LogP contribution is -2.17. The number of ether oxygens (including phenoxy) is 2. The highest BCUT2D eigenvalue weighted by molar-refractivity contribution is 6.31. The highest BCUT2D eigenvalue weighted by Gasteiger charge is 2.18. The first-order valence-corrected chi connectivity index (χ1v) is 7.23. The van der Waals surface area contributed by atoms with Gasteiger partial charge in [0.25, 0.3) is 0 Å². The molecule has 6 nitrogen and oxygen atoms in total. The van der Waals surface area contributed by atoms with Crippen LogP contribution in [0.5, 0.6) is 11.5 Å². The van der Waals surface area contributed by atoms with Crippen molar-refractivity contribution in [1.29, 1.82) is 0 Å². The smallest absolute Gasteiger partial charge is 0.234 e. The van der Waals surface area contributed by atoms with E-state index < -0.39 is 0 Å². The van der Waals surface area contributed by atoms with Gasteiger partial charge in [0.05, 0.1) is 12.1 Å². The molecular weight excluding hydrogens is 308 g/mol. The monoisotopic (exact) mass is 322 g/mol. The summed E-state index contributed by atoms with van der Waals surface area (Å²) in [6.07, 6.45) is 0.106. The Morgan fingerprint density at radius 2 is 1.95 bits per heavy atom. The molecule has 1 amide bonds. The average Bonchev–Trinajstić information content (AvgIpc) is 2.80. The van der Waals surface area contributed by atoms with E-state index in [2.05, 4.69) is 10.5 Å². The number of nitrogens with zero attached hydrogens (tertiary/aromatic N) is 1. The zero-order valence-corrected chi connectivity index (χ0v) is 13.0. The summed E-state index contributed by atoms with van der Waals surface area (Å²) in [5.74, 6) is 1.32. The van der Waals surface area contributed by atoms with Crippen LogP contribution >= 0.6 is 11.6 Å². The number of hydrogen-bond donors (Lipinski definition) is 1. The van der Waals surface area contributed by atoms with Crippen molar-refractivity contribution < 1.29 is 18.8 Å². The fourth-order valence-corrected chi connectivity index (χ4v) is 2.34. The molecule has 0 radical (unpaired) electrons. The summed E-state index contributed by atoms with van der Waals surface area (Å²) in [4.78, 5) is 12.1. The highest BCUT2D eigenvalue weighted by Crippen LogP contribution is 2.35. The molecule has 1 aromatic carbocycles. The standard InChI is InChI=1S/C15H15ClN2O4/c1-8-9(2)18-22-15(8)17-14(19)6-10-5-12-13(7-11(10)16)21-4-3-20-12/h5,7H,3-4,6H2,1-2H3,(H,17,19). The second-order valence-corrected chi connectivity index (χ2v) is 5.44. The van der Waals surface area contributed by atoms with Crippen LogP contribution in [0.1, 0.15) is 16.8 Å². The van der Waals surface area contributed by atoms with Gasteiger partial charge in [-0.3, -0.25) is 10.1 Å². The number of amides is 1. The SMILES string of the molecule is Cc1noc(NC(=O)Cc2cc3c(cc2Cl)OCCO3)c1C. The van der Waals surface area contributed by atoms with E-state index in [4.69, 9.17) is 25.6 Å². The summed E-state index contributed by atoms with van der Waals surface area (Å²) in [6.45, 7) is 4.62. The summed E-state index contributed by atoms with van der Waals surface area (Å²) in [5.41, 5.74) is 2.21. The predicted molar refractivity (Wildman–Crippen MR) is 80.8 cm³/mol. The Morgan fingerprint density at radius 3 is 2.59 bits per heavy atom. The van der Waals surface area contributed by atoms with Crippen LogP contribution in [0.3, 0.4) is 0 Å². The lowest BCUT2D eigenvalue weighted by molar-refractivity contribution is -0.115. The maximum Gasteiger partial charge on any atom is 0.234 e. The third-order valence-electron chi connectivity index (χ3n) is 3.47. The van der Waals surface area contributed by atoms with E-state index in [0.717, 1.165) is 11.3 Å². The second-order valence-electron chi connectivity index (χ2n) is 5.03. The molecule has 2 aromatic rings. The van der Waals surface area contributed by atoms with E-state index in [1.165, 1.54) is 0 Å². The van der Waals surface area contributed by atoms with Crippen molar-refractivity contribution >= 4 is 23.4 Å². The van der Waals surface area contributed by atoms with Gasteiger partial charge >= 0.3 is 0 Å². The zero-order chi connectivity index (χ0) is 15.7. The quantitative estimate of drug-likeness (QED) is 0.940. The molecule has 0 atom stereocenters. The van der Waals surface area contributed by atoms with Crippen molar-refractivity contribution in [2.75, 3.05) is 18.5 Å². The van der Waals surface area contributed by atoms with Gasteiger partial charge in [0.1, 0.15) is 13.2 Å². The number of rotatable bonds is 3. The van der Waals surface area contributed by atoms with Crippen molar-refractivity contribution in [1.82, 2.24) is 5.16 Å². The summed E-state index contributed by atoms with van der Waals surface area (Å²) < 4.78 is 16.0. The first-order chi connectivity index (χ1) is 10.5. The molecule has 7 heteroatoms. The van der Waals surface area contributed by atoms with Crippen molar-refractivity contribution in [3.63, 3.8) is 0 Å². The summed E-state index contributed by atoms with van der Waals surface area (Å²) >= 11 is 6.19. The number of nitrogens with one attached hydrogen (secondary N) is 1. The molecule has 1 aliphatic heterocycles. The largest absolute Gasteiger partial charge is 0.486 e. The lowest BCUT2D eigenvalue weighted by atomic mass is 10.1. The number of aryl methyl sites for hydroxylation is 1. The fourth-order valence-electron chi connectivity index (χ4n) is 2.12. The molecule has 0 fully saturated rings. The molecule has 0 aliphatic carbocycles. The van der Waals surface area contributed by atoms with E-state index in [-0.39, 0.29) is 12.3 Å². The van der Waals surface area contributed by atoms with Gasteiger partial charge in [0.15, 0.2) is 11.5 Å². The van der Waals surface area contributed by atoms with Gasteiger partial charge in [0.2, 0.25) is 11.8 Å².